The van der Waals surface area contributed by atoms with Crippen molar-refractivity contribution in [3.05, 3.63) is 90.6 Å². The Bertz CT molecular complexity index is 1430. The minimum atomic E-state index is -0.242. The van der Waals surface area contributed by atoms with Crippen molar-refractivity contribution < 1.29 is 9.53 Å². The summed E-state index contributed by atoms with van der Waals surface area (Å²) in [4.78, 5) is 16.7. The van der Waals surface area contributed by atoms with Gasteiger partial charge in [-0.05, 0) is 61.0 Å². The maximum atomic E-state index is 12.4. The number of hydrogen-bond donors (Lipinski definition) is 1. The first-order valence-electron chi connectivity index (χ1n) is 10.4. The second kappa shape index (κ2) is 8.88. The molecule has 0 aliphatic carbocycles. The minimum Gasteiger partial charge on any atom is -0.484 e. The maximum absolute atomic E-state index is 12.4. The summed E-state index contributed by atoms with van der Waals surface area (Å²) in [6.07, 6.45) is 1.70. The number of nitrogens with zero attached hydrogens (tertiary/aromatic N) is 5. The third-order valence-corrected chi connectivity index (χ3v) is 4.96. The number of nitrogens with one attached hydrogen (secondary N) is 1. The number of ether oxygens (including phenoxy) is 1. The second-order valence-corrected chi connectivity index (χ2v) is 7.46. The van der Waals surface area contributed by atoms with Crippen LogP contribution in [0.3, 0.4) is 0 Å². The smallest absolute Gasteiger partial charge is 0.262 e. The highest BCUT2D eigenvalue weighted by atomic mass is 16.5. The number of aryl methyl sites for hydroxylation is 1. The van der Waals surface area contributed by atoms with Gasteiger partial charge in [-0.1, -0.05) is 30.3 Å². The minimum absolute atomic E-state index is 0.0773. The van der Waals surface area contributed by atoms with Crippen molar-refractivity contribution in [3.8, 4) is 28.5 Å². The van der Waals surface area contributed by atoms with E-state index in [1.807, 2.05) is 85.8 Å². The van der Waals surface area contributed by atoms with E-state index in [4.69, 9.17) is 9.84 Å². The molecule has 162 valence electrons. The topological polar surface area (TPSA) is 94.3 Å². The van der Waals surface area contributed by atoms with Crippen LogP contribution in [0.4, 0.5) is 5.69 Å². The molecule has 8 nitrogen and oxygen atoms in total. The molecule has 0 bridgehead atoms. The Balaban J connectivity index is 1.35. The number of fused-ring (bicyclic) bond motifs is 1. The summed E-state index contributed by atoms with van der Waals surface area (Å²) in [7, 11) is 0. The number of benzene rings is 2. The Kier molecular flexibility index (Phi) is 5.47. The molecule has 2 aromatic carbocycles. The summed E-state index contributed by atoms with van der Waals surface area (Å²) in [5, 5.41) is 16.0. The highest BCUT2D eigenvalue weighted by molar-refractivity contribution is 5.92. The molecule has 1 amide bonds. The maximum Gasteiger partial charge on any atom is 0.262 e. The molecular weight excluding hydrogens is 416 g/mol. The molecule has 0 saturated carbocycles. The van der Waals surface area contributed by atoms with Gasteiger partial charge in [0.05, 0.1) is 5.69 Å². The van der Waals surface area contributed by atoms with Crippen LogP contribution in [0.25, 0.3) is 28.4 Å². The number of hydrogen-bond acceptors (Lipinski definition) is 6. The average Bonchev–Trinajstić information content (AvgIpc) is 3.27. The number of carbonyl (C=O) groups is 1. The Hall–Kier alpha value is -4.59. The largest absolute Gasteiger partial charge is 0.484 e. The van der Waals surface area contributed by atoms with Crippen molar-refractivity contribution in [1.29, 1.82) is 0 Å². The van der Waals surface area contributed by atoms with Crippen LogP contribution < -0.4 is 10.1 Å². The second-order valence-electron chi connectivity index (χ2n) is 7.46. The molecule has 0 aliphatic rings. The van der Waals surface area contributed by atoms with Gasteiger partial charge in [0.15, 0.2) is 12.3 Å². The third kappa shape index (κ3) is 4.54. The first-order valence-corrected chi connectivity index (χ1v) is 10.4. The van der Waals surface area contributed by atoms with Crippen molar-refractivity contribution in [2.24, 2.45) is 0 Å². The highest BCUT2D eigenvalue weighted by Gasteiger charge is 2.12. The molecule has 3 heterocycles. The number of rotatable bonds is 6. The summed E-state index contributed by atoms with van der Waals surface area (Å²) in [6.45, 7) is 1.90. The molecule has 8 heteroatoms. The number of anilines is 1. The van der Waals surface area contributed by atoms with Gasteiger partial charge in [-0.2, -0.15) is 9.61 Å². The van der Waals surface area contributed by atoms with E-state index in [1.54, 1.807) is 10.7 Å². The van der Waals surface area contributed by atoms with Gasteiger partial charge in [0.25, 0.3) is 5.91 Å². The molecule has 0 unspecified atom stereocenters. The van der Waals surface area contributed by atoms with Crippen LogP contribution in [-0.2, 0) is 4.79 Å². The molecule has 33 heavy (non-hydrogen) atoms. The SMILES string of the molecule is Cc1cccc(OCC(=O)Nc2cccc(-c3ccc4nnc(-c5ccccn5)n4n3)c2)c1. The summed E-state index contributed by atoms with van der Waals surface area (Å²) < 4.78 is 7.25. The van der Waals surface area contributed by atoms with Gasteiger partial charge in [0.1, 0.15) is 11.4 Å². The predicted molar refractivity (Wildman–Crippen MR) is 125 cm³/mol. The first kappa shape index (κ1) is 20.3. The Morgan fingerprint density at radius 3 is 2.70 bits per heavy atom. The third-order valence-electron chi connectivity index (χ3n) is 4.96. The summed E-state index contributed by atoms with van der Waals surface area (Å²) in [5.41, 5.74) is 4.59. The number of amides is 1. The fraction of sp³-hybridized carbons (Fsp3) is 0.0800. The average molecular weight is 436 g/mol. The number of pyridine rings is 1. The van der Waals surface area contributed by atoms with Crippen molar-refractivity contribution in [2.45, 2.75) is 6.92 Å². The normalized spacial score (nSPS) is 10.8. The lowest BCUT2D eigenvalue weighted by atomic mass is 10.1. The number of carbonyl (C=O) groups excluding carboxylic acids is 1. The van der Waals surface area contributed by atoms with Crippen molar-refractivity contribution in [1.82, 2.24) is 24.8 Å². The Morgan fingerprint density at radius 1 is 0.939 bits per heavy atom. The van der Waals surface area contributed by atoms with Crippen LogP contribution in [0.5, 0.6) is 5.75 Å². The molecule has 0 aliphatic heterocycles. The lowest BCUT2D eigenvalue weighted by Gasteiger charge is -2.09. The van der Waals surface area contributed by atoms with E-state index in [0.717, 1.165) is 11.1 Å². The fourth-order valence-electron chi connectivity index (χ4n) is 3.40. The lowest BCUT2D eigenvalue weighted by molar-refractivity contribution is -0.118. The molecular formula is C25H20N6O2. The zero-order valence-corrected chi connectivity index (χ0v) is 17.8. The standard InChI is InChI=1S/C25H20N6O2/c1-17-6-4-9-20(14-17)33-16-24(32)27-19-8-5-7-18(15-19)21-11-12-23-28-29-25(31(23)30-21)22-10-2-3-13-26-22/h2-15H,16H2,1H3,(H,27,32). The molecule has 3 aromatic heterocycles. The molecule has 0 atom stereocenters. The van der Waals surface area contributed by atoms with E-state index in [1.165, 1.54) is 0 Å². The van der Waals surface area contributed by atoms with Gasteiger partial charge < -0.3 is 10.1 Å². The summed E-state index contributed by atoms with van der Waals surface area (Å²) in [6, 6.07) is 24.4. The quantitative estimate of drug-likeness (QED) is 0.429. The van der Waals surface area contributed by atoms with Crippen LogP contribution in [0, 0.1) is 6.92 Å². The Labute approximate surface area is 189 Å². The van der Waals surface area contributed by atoms with E-state index >= 15 is 0 Å². The molecule has 0 saturated heterocycles. The van der Waals surface area contributed by atoms with Gasteiger partial charge in [-0.15, -0.1) is 10.2 Å². The fourth-order valence-corrected chi connectivity index (χ4v) is 3.40. The molecule has 1 N–H and O–H groups in total. The van der Waals surface area contributed by atoms with Crippen molar-refractivity contribution in [2.75, 3.05) is 11.9 Å². The van der Waals surface area contributed by atoms with Gasteiger partial charge in [0.2, 0.25) is 5.82 Å². The lowest BCUT2D eigenvalue weighted by Crippen LogP contribution is -2.20. The molecule has 0 radical (unpaired) electrons. The zero-order chi connectivity index (χ0) is 22.6. The predicted octanol–water partition coefficient (Wildman–Crippen LogP) is 4.18. The van der Waals surface area contributed by atoms with E-state index < -0.39 is 0 Å². The Morgan fingerprint density at radius 2 is 1.85 bits per heavy atom. The summed E-state index contributed by atoms with van der Waals surface area (Å²) in [5.74, 6) is 0.979. The van der Waals surface area contributed by atoms with Crippen molar-refractivity contribution >= 4 is 17.2 Å². The van der Waals surface area contributed by atoms with E-state index in [9.17, 15) is 4.79 Å². The van der Waals surface area contributed by atoms with E-state index in [0.29, 0.717) is 34.3 Å². The molecule has 5 rings (SSSR count). The van der Waals surface area contributed by atoms with Crippen LogP contribution in [0.15, 0.2) is 85.1 Å². The van der Waals surface area contributed by atoms with E-state index in [2.05, 4.69) is 20.5 Å². The molecule has 5 aromatic rings. The first-order chi connectivity index (χ1) is 16.2. The van der Waals surface area contributed by atoms with E-state index in [-0.39, 0.29) is 12.5 Å². The van der Waals surface area contributed by atoms with Crippen LogP contribution in [-0.4, -0.2) is 37.3 Å². The highest BCUT2D eigenvalue weighted by Crippen LogP contribution is 2.23. The van der Waals surface area contributed by atoms with Crippen LogP contribution in [0.1, 0.15) is 5.56 Å². The molecule has 0 fully saturated rings. The van der Waals surface area contributed by atoms with Gasteiger partial charge in [-0.3, -0.25) is 9.78 Å². The monoisotopic (exact) mass is 436 g/mol. The van der Waals surface area contributed by atoms with Crippen LogP contribution in [0.2, 0.25) is 0 Å². The van der Waals surface area contributed by atoms with Gasteiger partial charge in [-0.25, -0.2) is 0 Å². The van der Waals surface area contributed by atoms with Crippen molar-refractivity contribution in [3.63, 3.8) is 0 Å². The zero-order valence-electron chi connectivity index (χ0n) is 17.8. The number of aromatic nitrogens is 5. The van der Waals surface area contributed by atoms with Gasteiger partial charge >= 0.3 is 0 Å². The molecule has 0 spiro atoms. The summed E-state index contributed by atoms with van der Waals surface area (Å²) >= 11 is 0. The van der Waals surface area contributed by atoms with Gasteiger partial charge in [0, 0.05) is 17.4 Å². The van der Waals surface area contributed by atoms with Crippen LogP contribution >= 0.6 is 0 Å².